The molecule has 0 saturated heterocycles. The quantitative estimate of drug-likeness (QED) is 0.281. The summed E-state index contributed by atoms with van der Waals surface area (Å²) in [4.78, 5) is 18.3. The highest BCUT2D eigenvalue weighted by Gasteiger charge is 2.15. The van der Waals surface area contributed by atoms with Crippen LogP contribution in [0.1, 0.15) is 11.3 Å². The Hall–Kier alpha value is -4.84. The number of aromatic nitrogens is 5. The molecule has 0 atom stereocenters. The van der Waals surface area contributed by atoms with Crippen molar-refractivity contribution in [2.24, 2.45) is 0 Å². The van der Waals surface area contributed by atoms with Crippen molar-refractivity contribution in [3.63, 3.8) is 0 Å². The maximum absolute atomic E-state index is 4.79. The van der Waals surface area contributed by atoms with Gasteiger partial charge in [-0.25, -0.2) is 9.97 Å². The van der Waals surface area contributed by atoms with E-state index in [4.69, 9.17) is 9.97 Å². The number of para-hydroxylation sites is 2. The Morgan fingerprint density at radius 3 is 2.43 bits per heavy atom. The molecule has 4 aromatic heterocycles. The third-order valence-electron chi connectivity index (χ3n) is 6.52. The molecule has 0 bridgehead atoms. The van der Waals surface area contributed by atoms with Crippen molar-refractivity contribution >= 4 is 16.7 Å². The molecule has 6 heteroatoms. The second kappa shape index (κ2) is 10.0. The molecule has 0 aliphatic rings. The zero-order valence-electron chi connectivity index (χ0n) is 20.5. The molecule has 6 aromatic rings. The van der Waals surface area contributed by atoms with Crippen LogP contribution in [0.5, 0.6) is 0 Å². The Morgan fingerprint density at radius 1 is 0.784 bits per heavy atom. The number of anilines is 1. The van der Waals surface area contributed by atoms with Crippen molar-refractivity contribution in [1.29, 1.82) is 0 Å². The van der Waals surface area contributed by atoms with E-state index in [1.165, 1.54) is 27.8 Å². The summed E-state index contributed by atoms with van der Waals surface area (Å²) in [5.74, 6) is 1.35. The molecule has 1 N–H and O–H groups in total. The first-order valence-electron chi connectivity index (χ1n) is 12.4. The molecule has 0 aliphatic heterocycles. The summed E-state index contributed by atoms with van der Waals surface area (Å²) in [6, 6.07) is 30.8. The van der Waals surface area contributed by atoms with Gasteiger partial charge in [0.15, 0.2) is 5.82 Å². The van der Waals surface area contributed by atoms with E-state index in [1.54, 1.807) is 12.4 Å². The number of rotatable bonds is 7. The summed E-state index contributed by atoms with van der Waals surface area (Å²) in [7, 11) is 0. The number of benzene rings is 2. The zero-order valence-corrected chi connectivity index (χ0v) is 20.5. The predicted octanol–water partition coefficient (Wildman–Crippen LogP) is 6.51. The Balaban J connectivity index is 1.32. The van der Waals surface area contributed by atoms with E-state index >= 15 is 0 Å². The highest BCUT2D eigenvalue weighted by atomic mass is 15.0. The summed E-state index contributed by atoms with van der Waals surface area (Å²) >= 11 is 0. The lowest BCUT2D eigenvalue weighted by Crippen LogP contribution is -2.09. The van der Waals surface area contributed by atoms with Crippen LogP contribution in [0.25, 0.3) is 39.4 Å². The minimum atomic E-state index is 0.585. The average molecular weight is 483 g/mol. The lowest BCUT2D eigenvalue weighted by atomic mass is 10.1. The molecule has 0 spiro atoms. The number of nitrogens with zero attached hydrogens (tertiary/aromatic N) is 5. The van der Waals surface area contributed by atoms with Gasteiger partial charge in [0.25, 0.3) is 0 Å². The maximum Gasteiger partial charge on any atom is 0.180 e. The van der Waals surface area contributed by atoms with Gasteiger partial charge in [-0.15, -0.1) is 0 Å². The number of hydrogen-bond acceptors (Lipinski definition) is 5. The summed E-state index contributed by atoms with van der Waals surface area (Å²) in [5, 5.41) is 4.82. The van der Waals surface area contributed by atoms with Gasteiger partial charge < -0.3 is 9.88 Å². The molecule has 4 heterocycles. The normalized spacial score (nSPS) is 11.1. The van der Waals surface area contributed by atoms with Crippen LogP contribution in [0.15, 0.2) is 110 Å². The van der Waals surface area contributed by atoms with Crippen LogP contribution < -0.4 is 5.32 Å². The van der Waals surface area contributed by atoms with Crippen molar-refractivity contribution in [2.45, 2.75) is 13.3 Å². The molecule has 37 heavy (non-hydrogen) atoms. The minimum Gasteiger partial charge on any atom is -0.370 e. The van der Waals surface area contributed by atoms with Crippen LogP contribution in [0.3, 0.4) is 0 Å². The lowest BCUT2D eigenvalue weighted by Gasteiger charge is -2.11. The predicted molar refractivity (Wildman–Crippen MR) is 149 cm³/mol. The third kappa shape index (κ3) is 4.57. The Bertz CT molecular complexity index is 1590. The molecule has 0 amide bonds. The molecule has 2 aromatic carbocycles. The lowest BCUT2D eigenvalue weighted by molar-refractivity contribution is 0.963. The number of hydrogen-bond donors (Lipinski definition) is 1. The molecule has 6 rings (SSSR count). The van der Waals surface area contributed by atoms with E-state index in [0.29, 0.717) is 5.82 Å². The van der Waals surface area contributed by atoms with Gasteiger partial charge in [-0.3, -0.25) is 9.97 Å². The fraction of sp³-hybridized carbons (Fsp3) is 0.0968. The minimum absolute atomic E-state index is 0.585. The van der Waals surface area contributed by atoms with E-state index in [-0.39, 0.29) is 0 Å². The van der Waals surface area contributed by atoms with E-state index in [9.17, 15) is 0 Å². The molecule has 0 radical (unpaired) electrons. The van der Waals surface area contributed by atoms with Gasteiger partial charge in [0, 0.05) is 53.5 Å². The monoisotopic (exact) mass is 482 g/mol. The van der Waals surface area contributed by atoms with Crippen LogP contribution in [-0.4, -0.2) is 31.0 Å². The molecule has 0 saturated carbocycles. The van der Waals surface area contributed by atoms with Gasteiger partial charge in [0.05, 0.1) is 11.2 Å². The molecule has 0 unspecified atom stereocenters. The molecule has 0 fully saturated rings. The Labute approximate surface area is 215 Å². The summed E-state index contributed by atoms with van der Waals surface area (Å²) in [5.41, 5.74) is 7.46. The number of fused-ring (bicyclic) bond motifs is 1. The molecular formula is C31H26N6. The molecule has 6 nitrogen and oxygen atoms in total. The summed E-state index contributed by atoms with van der Waals surface area (Å²) in [6.07, 6.45) is 6.19. The molecule has 0 aliphatic carbocycles. The molecular weight excluding hydrogens is 456 g/mol. The standard InChI is InChI=1S/C31H26N6/c1-22-25(26-13-5-6-15-29(26)37(22)24-11-3-2-4-12-24)16-19-34-30-20-28(23-10-9-17-32-21-23)35-31(36-30)27-14-7-8-18-33-27/h2-15,17-18,20-21H,16,19H2,1H3,(H,34,35,36). The Morgan fingerprint density at radius 2 is 1.62 bits per heavy atom. The van der Waals surface area contributed by atoms with E-state index in [1.807, 2.05) is 42.6 Å². The fourth-order valence-electron chi connectivity index (χ4n) is 4.78. The van der Waals surface area contributed by atoms with Crippen LogP contribution >= 0.6 is 0 Å². The average Bonchev–Trinajstić information content (AvgIpc) is 3.25. The van der Waals surface area contributed by atoms with Gasteiger partial charge in [-0.1, -0.05) is 42.5 Å². The first kappa shape index (κ1) is 22.6. The fourth-order valence-corrected chi connectivity index (χ4v) is 4.78. The van der Waals surface area contributed by atoms with Crippen LogP contribution in [0.4, 0.5) is 5.82 Å². The first-order chi connectivity index (χ1) is 18.3. The topological polar surface area (TPSA) is 68.5 Å². The first-order valence-corrected chi connectivity index (χ1v) is 12.4. The van der Waals surface area contributed by atoms with Gasteiger partial charge in [-0.05, 0) is 61.4 Å². The van der Waals surface area contributed by atoms with Gasteiger partial charge in [-0.2, -0.15) is 0 Å². The highest BCUT2D eigenvalue weighted by molar-refractivity contribution is 5.87. The van der Waals surface area contributed by atoms with Crippen molar-refractivity contribution in [3.8, 4) is 28.5 Å². The van der Waals surface area contributed by atoms with Crippen molar-refractivity contribution in [3.05, 3.63) is 121 Å². The SMILES string of the molecule is Cc1c(CCNc2cc(-c3cccnc3)nc(-c3ccccn3)n2)c2ccccc2n1-c1ccccc1. The summed E-state index contributed by atoms with van der Waals surface area (Å²) < 4.78 is 2.34. The van der Waals surface area contributed by atoms with Crippen LogP contribution in [0.2, 0.25) is 0 Å². The molecule has 180 valence electrons. The van der Waals surface area contributed by atoms with E-state index in [0.717, 1.165) is 35.7 Å². The smallest absolute Gasteiger partial charge is 0.180 e. The summed E-state index contributed by atoms with van der Waals surface area (Å²) in [6.45, 7) is 2.93. The van der Waals surface area contributed by atoms with Gasteiger partial charge >= 0.3 is 0 Å². The van der Waals surface area contributed by atoms with Gasteiger partial charge in [0.1, 0.15) is 11.5 Å². The Kier molecular flexibility index (Phi) is 6.13. The second-order valence-electron chi connectivity index (χ2n) is 8.85. The maximum atomic E-state index is 4.79. The van der Waals surface area contributed by atoms with Crippen molar-refractivity contribution in [2.75, 3.05) is 11.9 Å². The van der Waals surface area contributed by atoms with E-state index < -0.39 is 0 Å². The highest BCUT2D eigenvalue weighted by Crippen LogP contribution is 2.30. The van der Waals surface area contributed by atoms with Crippen molar-refractivity contribution in [1.82, 2.24) is 24.5 Å². The van der Waals surface area contributed by atoms with Crippen molar-refractivity contribution < 1.29 is 0 Å². The van der Waals surface area contributed by atoms with Gasteiger partial charge in [0.2, 0.25) is 0 Å². The third-order valence-corrected chi connectivity index (χ3v) is 6.52. The van der Waals surface area contributed by atoms with Crippen LogP contribution in [-0.2, 0) is 6.42 Å². The van der Waals surface area contributed by atoms with E-state index in [2.05, 4.69) is 81.4 Å². The number of pyridine rings is 2. The zero-order chi connectivity index (χ0) is 25.0. The largest absolute Gasteiger partial charge is 0.370 e. The van der Waals surface area contributed by atoms with Crippen LogP contribution in [0, 0.1) is 6.92 Å². The second-order valence-corrected chi connectivity index (χ2v) is 8.85. The number of nitrogens with one attached hydrogen (secondary N) is 1.